The van der Waals surface area contributed by atoms with Crippen molar-refractivity contribution in [2.24, 2.45) is 22.7 Å². The van der Waals surface area contributed by atoms with Crippen molar-refractivity contribution < 1.29 is 28.8 Å². The fraction of sp³-hybridized carbons (Fsp3) is 0.688. The number of hydrogen-bond acceptors (Lipinski definition) is 5. The highest BCUT2D eigenvalue weighted by molar-refractivity contribution is 5.96. The molecule has 1 heterocycles. The summed E-state index contributed by atoms with van der Waals surface area (Å²) in [7, 11) is 0. The van der Waals surface area contributed by atoms with Crippen molar-refractivity contribution in [2.45, 2.75) is 96.4 Å². The normalized spacial score (nSPS) is 30.9. The minimum Gasteiger partial charge on any atom is -0.356 e. The van der Waals surface area contributed by atoms with Gasteiger partial charge in [-0.25, -0.2) is 14.7 Å². The number of likely N-dealkylation sites (tertiary alicyclic amines) is 1. The quantitative estimate of drug-likeness (QED) is 0.150. The van der Waals surface area contributed by atoms with Crippen molar-refractivity contribution in [1.82, 2.24) is 21.0 Å². The van der Waals surface area contributed by atoms with Gasteiger partial charge in [0.1, 0.15) is 5.82 Å². The summed E-state index contributed by atoms with van der Waals surface area (Å²) in [5.41, 5.74) is 2.04. The average molecular weight is 600 g/mol. The lowest BCUT2D eigenvalue weighted by Gasteiger charge is -2.65. The molecular formula is C32H46FN5O5. The van der Waals surface area contributed by atoms with Gasteiger partial charge in [-0.3, -0.25) is 19.6 Å². The van der Waals surface area contributed by atoms with E-state index in [-0.39, 0.29) is 58.3 Å². The van der Waals surface area contributed by atoms with Crippen LogP contribution >= 0.6 is 0 Å². The molecule has 11 heteroatoms. The van der Waals surface area contributed by atoms with Crippen LogP contribution in [0, 0.1) is 28.5 Å². The molecule has 43 heavy (non-hydrogen) atoms. The second-order valence-corrected chi connectivity index (χ2v) is 14.4. The highest BCUT2D eigenvalue weighted by Gasteiger charge is 2.60. The van der Waals surface area contributed by atoms with Gasteiger partial charge in [-0.1, -0.05) is 20.3 Å². The summed E-state index contributed by atoms with van der Waals surface area (Å²) in [6.07, 6.45) is 10.1. The summed E-state index contributed by atoms with van der Waals surface area (Å²) < 4.78 is 15.1. The van der Waals surface area contributed by atoms with Gasteiger partial charge in [0.25, 0.3) is 5.91 Å². The van der Waals surface area contributed by atoms with E-state index in [9.17, 15) is 19.2 Å². The SMILES string of the molecule is C[C@]12CC3CC(NC(=O)Nc4ccc(C(=O)N5CCC[C@H](C(=O)NCCCCCC(=O)NO)C5)cc4F)(C1)C[C@@](C)(C3)C2. The summed E-state index contributed by atoms with van der Waals surface area (Å²) in [6, 6.07) is 3.70. The molecule has 1 aromatic rings. The first-order chi connectivity index (χ1) is 20.4. The van der Waals surface area contributed by atoms with Crippen molar-refractivity contribution in [3.63, 3.8) is 0 Å². The molecule has 2 unspecified atom stereocenters. The van der Waals surface area contributed by atoms with E-state index in [0.29, 0.717) is 44.7 Å². The molecule has 4 saturated carbocycles. The number of halogens is 1. The Morgan fingerprint density at radius 2 is 1.77 bits per heavy atom. The summed E-state index contributed by atoms with van der Waals surface area (Å²) in [4.78, 5) is 51.6. The van der Waals surface area contributed by atoms with Gasteiger partial charge in [-0.05, 0) is 99.2 Å². The number of unbranched alkanes of at least 4 members (excludes halogenated alkanes) is 2. The summed E-state index contributed by atoms with van der Waals surface area (Å²) in [5, 5.41) is 17.3. The third-order valence-electron chi connectivity index (χ3n) is 10.1. The van der Waals surface area contributed by atoms with Crippen molar-refractivity contribution in [3.05, 3.63) is 29.6 Å². The van der Waals surface area contributed by atoms with Crippen LogP contribution in [0.4, 0.5) is 14.9 Å². The Balaban J connectivity index is 1.11. The van der Waals surface area contributed by atoms with Crippen LogP contribution in [-0.2, 0) is 9.59 Å². The molecule has 5 N–H and O–H groups in total. The Morgan fingerprint density at radius 1 is 1.02 bits per heavy atom. The van der Waals surface area contributed by atoms with E-state index in [0.717, 1.165) is 31.7 Å². The van der Waals surface area contributed by atoms with E-state index in [1.807, 2.05) is 0 Å². The maximum atomic E-state index is 15.1. The second-order valence-electron chi connectivity index (χ2n) is 14.4. The van der Waals surface area contributed by atoms with E-state index < -0.39 is 17.8 Å². The molecule has 1 aromatic carbocycles. The van der Waals surface area contributed by atoms with E-state index in [1.165, 1.54) is 31.4 Å². The van der Waals surface area contributed by atoms with Gasteiger partial charge < -0.3 is 20.9 Å². The number of benzene rings is 1. The Labute approximate surface area is 252 Å². The third kappa shape index (κ3) is 7.30. The number of rotatable bonds is 10. The first kappa shape index (κ1) is 31.2. The predicted molar refractivity (Wildman–Crippen MR) is 159 cm³/mol. The van der Waals surface area contributed by atoms with Gasteiger partial charge in [0, 0.05) is 37.2 Å². The number of amides is 5. The maximum Gasteiger partial charge on any atom is 0.319 e. The van der Waals surface area contributed by atoms with E-state index in [2.05, 4.69) is 29.8 Å². The second kappa shape index (κ2) is 12.4. The lowest BCUT2D eigenvalue weighted by molar-refractivity contribution is -0.129. The number of anilines is 1. The Kier molecular flexibility index (Phi) is 9.02. The highest BCUT2D eigenvalue weighted by Crippen LogP contribution is 2.66. The first-order valence-corrected chi connectivity index (χ1v) is 15.8. The number of urea groups is 1. The number of hydroxylamine groups is 1. The Bertz CT molecular complexity index is 1240. The molecular weight excluding hydrogens is 553 g/mol. The van der Waals surface area contributed by atoms with Gasteiger partial charge in [-0.15, -0.1) is 0 Å². The molecule has 0 radical (unpaired) electrons. The minimum absolute atomic E-state index is 0.0316. The molecule has 10 nitrogen and oxygen atoms in total. The van der Waals surface area contributed by atoms with Crippen molar-refractivity contribution in [1.29, 1.82) is 0 Å². The van der Waals surface area contributed by atoms with Gasteiger partial charge >= 0.3 is 6.03 Å². The molecule has 236 valence electrons. The first-order valence-electron chi connectivity index (χ1n) is 15.8. The molecule has 5 atom stereocenters. The lowest BCUT2D eigenvalue weighted by Crippen LogP contribution is -2.65. The zero-order chi connectivity index (χ0) is 30.8. The van der Waals surface area contributed by atoms with E-state index in [4.69, 9.17) is 5.21 Å². The molecule has 1 aliphatic heterocycles. The molecule has 0 aromatic heterocycles. The van der Waals surface area contributed by atoms with Crippen LogP contribution in [0.2, 0.25) is 0 Å². The zero-order valence-electron chi connectivity index (χ0n) is 25.4. The third-order valence-corrected chi connectivity index (χ3v) is 10.1. The van der Waals surface area contributed by atoms with Gasteiger partial charge in [0.15, 0.2) is 0 Å². The number of nitrogens with zero attached hydrogens (tertiary/aromatic N) is 1. The number of hydrogen-bond donors (Lipinski definition) is 5. The highest BCUT2D eigenvalue weighted by atomic mass is 19.1. The zero-order valence-corrected chi connectivity index (χ0v) is 25.4. The molecule has 0 spiro atoms. The number of nitrogens with one attached hydrogen (secondary N) is 4. The van der Waals surface area contributed by atoms with Gasteiger partial charge in [-0.2, -0.15) is 0 Å². The molecule has 5 fully saturated rings. The molecule has 5 amide bonds. The number of piperidine rings is 1. The summed E-state index contributed by atoms with van der Waals surface area (Å²) in [6.45, 7) is 5.89. The molecule has 4 aliphatic carbocycles. The van der Waals surface area contributed by atoms with E-state index in [1.54, 1.807) is 10.4 Å². The summed E-state index contributed by atoms with van der Waals surface area (Å²) >= 11 is 0. The monoisotopic (exact) mass is 599 g/mol. The minimum atomic E-state index is -0.673. The summed E-state index contributed by atoms with van der Waals surface area (Å²) in [5.74, 6) is -1.29. The van der Waals surface area contributed by atoms with Crippen LogP contribution in [0.3, 0.4) is 0 Å². The van der Waals surface area contributed by atoms with Crippen molar-refractivity contribution in [3.8, 4) is 0 Å². The lowest BCUT2D eigenvalue weighted by atomic mass is 9.43. The number of carbonyl (C=O) groups excluding carboxylic acids is 4. The largest absolute Gasteiger partial charge is 0.356 e. The van der Waals surface area contributed by atoms with Gasteiger partial charge in [0.2, 0.25) is 11.8 Å². The Morgan fingerprint density at radius 3 is 2.44 bits per heavy atom. The average Bonchev–Trinajstić information content (AvgIpc) is 2.93. The standard InChI is InChI=1S/C32H46FN5O5/c1-30-14-21-15-31(2,18-30)20-32(16-21,19-30)36-29(42)35-25-10-9-22(13-24(25)33)28(41)38-12-6-7-23(17-38)27(40)34-11-5-3-4-8-26(39)37-43/h9-10,13,21,23,43H,3-8,11-12,14-20H2,1-2H3,(H,34,40)(H,37,39)(H2,35,36,42)/t21?,23-,30-,31+,32?/m0/s1. The predicted octanol–water partition coefficient (Wildman–Crippen LogP) is 4.73. The van der Waals surface area contributed by atoms with Crippen molar-refractivity contribution >= 4 is 29.4 Å². The smallest absolute Gasteiger partial charge is 0.319 e. The van der Waals surface area contributed by atoms with Crippen LogP contribution in [0.25, 0.3) is 0 Å². The fourth-order valence-corrected chi connectivity index (χ4v) is 9.29. The fourth-order valence-electron chi connectivity index (χ4n) is 9.29. The van der Waals surface area contributed by atoms with Crippen LogP contribution < -0.4 is 21.4 Å². The van der Waals surface area contributed by atoms with Crippen molar-refractivity contribution in [2.75, 3.05) is 25.0 Å². The molecule has 4 bridgehead atoms. The van der Waals surface area contributed by atoms with Crippen LogP contribution in [0.1, 0.15) is 101 Å². The van der Waals surface area contributed by atoms with Crippen LogP contribution in [0.5, 0.6) is 0 Å². The van der Waals surface area contributed by atoms with Gasteiger partial charge in [0.05, 0.1) is 11.6 Å². The van der Waals surface area contributed by atoms with E-state index >= 15 is 4.39 Å². The van der Waals surface area contributed by atoms with Crippen LogP contribution in [-0.4, -0.2) is 59.0 Å². The molecule has 5 aliphatic rings. The Hall–Kier alpha value is -3.21. The molecule has 6 rings (SSSR count). The molecule has 1 saturated heterocycles. The maximum absolute atomic E-state index is 15.1. The van der Waals surface area contributed by atoms with Crippen LogP contribution in [0.15, 0.2) is 18.2 Å². The number of carbonyl (C=O) groups is 4. The topological polar surface area (TPSA) is 140 Å².